The minimum Gasteiger partial charge on any atom is -0.258 e. The fourth-order valence-electron chi connectivity index (χ4n) is 2.11. The van der Waals surface area contributed by atoms with Crippen LogP contribution in [0.1, 0.15) is 17.7 Å². The van der Waals surface area contributed by atoms with Crippen molar-refractivity contribution in [3.8, 4) is 5.69 Å². The molecule has 0 bridgehead atoms. The number of benzene rings is 2. The average molecular weight is 362 g/mol. The monoisotopic (exact) mass is 361 g/mol. The number of non-ortho nitro benzene ring substituents is 1. The van der Waals surface area contributed by atoms with E-state index in [-0.39, 0.29) is 10.9 Å². The van der Waals surface area contributed by atoms with Crippen molar-refractivity contribution in [2.24, 2.45) is 0 Å². The van der Waals surface area contributed by atoms with E-state index in [1.165, 1.54) is 17.8 Å². The highest BCUT2D eigenvalue weighted by Gasteiger charge is 2.16. The molecule has 3 rings (SSSR count). The van der Waals surface area contributed by atoms with E-state index < -0.39 is 4.92 Å². The molecule has 0 amide bonds. The van der Waals surface area contributed by atoms with E-state index in [0.717, 1.165) is 11.3 Å². The van der Waals surface area contributed by atoms with Gasteiger partial charge in [-0.25, -0.2) is 0 Å². The predicted molar refractivity (Wildman–Crippen MR) is 91.5 cm³/mol. The summed E-state index contributed by atoms with van der Waals surface area (Å²) >= 11 is 7.32. The molecular weight excluding hydrogens is 350 g/mol. The molecular formula is C15H12ClN5O2S. The average Bonchev–Trinajstić information content (AvgIpc) is 3.03. The van der Waals surface area contributed by atoms with Crippen molar-refractivity contribution >= 4 is 29.1 Å². The lowest BCUT2D eigenvalue weighted by Gasteiger charge is -2.11. The highest BCUT2D eigenvalue weighted by atomic mass is 35.5. The van der Waals surface area contributed by atoms with Crippen LogP contribution >= 0.6 is 23.4 Å². The number of hydrogen-bond donors (Lipinski definition) is 0. The van der Waals surface area contributed by atoms with Gasteiger partial charge in [0.05, 0.1) is 10.6 Å². The highest BCUT2D eigenvalue weighted by molar-refractivity contribution is 7.99. The van der Waals surface area contributed by atoms with Gasteiger partial charge in [-0.15, -0.1) is 5.10 Å². The maximum absolute atomic E-state index is 10.9. The first-order valence-electron chi connectivity index (χ1n) is 7.00. The molecule has 2 aromatic carbocycles. The zero-order chi connectivity index (χ0) is 17.1. The lowest BCUT2D eigenvalue weighted by Crippen LogP contribution is -2.00. The van der Waals surface area contributed by atoms with Crippen LogP contribution in [-0.2, 0) is 0 Å². The van der Waals surface area contributed by atoms with E-state index in [1.54, 1.807) is 28.9 Å². The Morgan fingerprint density at radius 2 is 2.00 bits per heavy atom. The van der Waals surface area contributed by atoms with E-state index in [9.17, 15) is 10.1 Å². The van der Waals surface area contributed by atoms with E-state index in [4.69, 9.17) is 11.6 Å². The van der Waals surface area contributed by atoms with E-state index in [2.05, 4.69) is 15.5 Å². The minimum absolute atomic E-state index is 0.0537. The Kier molecular flexibility index (Phi) is 4.77. The van der Waals surface area contributed by atoms with Crippen LogP contribution in [0.25, 0.3) is 5.69 Å². The normalized spacial score (nSPS) is 12.1. The summed E-state index contributed by atoms with van der Waals surface area (Å²) in [7, 11) is 0. The Hall–Kier alpha value is -2.45. The number of rotatable bonds is 5. The zero-order valence-electron chi connectivity index (χ0n) is 12.5. The van der Waals surface area contributed by atoms with Gasteiger partial charge in [-0.2, -0.15) is 4.68 Å². The van der Waals surface area contributed by atoms with Gasteiger partial charge in [0.2, 0.25) is 5.16 Å². The van der Waals surface area contributed by atoms with Crippen LogP contribution in [0.3, 0.4) is 0 Å². The lowest BCUT2D eigenvalue weighted by atomic mass is 10.1. The Bertz CT molecular complexity index is 868. The van der Waals surface area contributed by atoms with Crippen molar-refractivity contribution in [3.05, 3.63) is 69.2 Å². The molecule has 1 heterocycles. The maximum Gasteiger partial charge on any atom is 0.269 e. The first-order valence-corrected chi connectivity index (χ1v) is 8.25. The lowest BCUT2D eigenvalue weighted by molar-refractivity contribution is -0.384. The van der Waals surface area contributed by atoms with Crippen LogP contribution < -0.4 is 0 Å². The van der Waals surface area contributed by atoms with Crippen LogP contribution in [0, 0.1) is 10.1 Å². The minimum atomic E-state index is -0.404. The topological polar surface area (TPSA) is 86.7 Å². The quantitative estimate of drug-likeness (QED) is 0.386. The molecule has 0 saturated carbocycles. The van der Waals surface area contributed by atoms with Crippen molar-refractivity contribution in [3.63, 3.8) is 0 Å². The van der Waals surface area contributed by atoms with E-state index >= 15 is 0 Å². The van der Waals surface area contributed by atoms with Crippen molar-refractivity contribution < 1.29 is 4.92 Å². The largest absolute Gasteiger partial charge is 0.269 e. The summed E-state index contributed by atoms with van der Waals surface area (Å²) in [5, 5.41) is 23.8. The van der Waals surface area contributed by atoms with Gasteiger partial charge in [-0.3, -0.25) is 10.1 Å². The molecule has 0 saturated heterocycles. The second kappa shape index (κ2) is 6.98. The summed E-state index contributed by atoms with van der Waals surface area (Å²) in [6.45, 7) is 1.95. The second-order valence-corrected chi connectivity index (χ2v) is 6.71. The molecule has 122 valence electrons. The summed E-state index contributed by atoms with van der Waals surface area (Å²) < 4.78 is 1.61. The first kappa shape index (κ1) is 16.4. The molecule has 0 aliphatic heterocycles. The van der Waals surface area contributed by atoms with Gasteiger partial charge in [-0.05, 0) is 47.2 Å². The SMILES string of the molecule is CC(Sc1nnnn1-c1ccc(Cl)cc1)c1cccc([N+](=O)[O-])c1. The summed E-state index contributed by atoms with van der Waals surface area (Å²) in [6, 6.07) is 13.7. The third kappa shape index (κ3) is 3.55. The second-order valence-electron chi connectivity index (χ2n) is 4.96. The Labute approximate surface area is 146 Å². The fourth-order valence-corrected chi connectivity index (χ4v) is 3.16. The summed E-state index contributed by atoms with van der Waals surface area (Å²) in [5.74, 6) is 0. The van der Waals surface area contributed by atoms with Gasteiger partial charge in [0.15, 0.2) is 0 Å². The van der Waals surface area contributed by atoms with Crippen LogP contribution in [0.15, 0.2) is 53.7 Å². The molecule has 0 N–H and O–H groups in total. The van der Waals surface area contributed by atoms with Crippen LogP contribution in [0.5, 0.6) is 0 Å². The number of nitro groups is 1. The number of tetrazole rings is 1. The fraction of sp³-hybridized carbons (Fsp3) is 0.133. The molecule has 1 atom stereocenters. The van der Waals surface area contributed by atoms with Crippen LogP contribution in [0.2, 0.25) is 5.02 Å². The Morgan fingerprint density at radius 1 is 1.25 bits per heavy atom. The maximum atomic E-state index is 10.9. The zero-order valence-corrected chi connectivity index (χ0v) is 14.1. The number of nitro benzene ring substituents is 1. The molecule has 0 aliphatic carbocycles. The van der Waals surface area contributed by atoms with Gasteiger partial charge in [-0.1, -0.05) is 35.5 Å². The Balaban J connectivity index is 1.84. The molecule has 0 aliphatic rings. The number of halogens is 1. The van der Waals surface area contributed by atoms with E-state index in [1.807, 2.05) is 25.1 Å². The van der Waals surface area contributed by atoms with Gasteiger partial charge in [0.25, 0.3) is 5.69 Å². The number of nitrogens with zero attached hydrogens (tertiary/aromatic N) is 5. The molecule has 0 fully saturated rings. The molecule has 1 aromatic heterocycles. The summed E-state index contributed by atoms with van der Waals surface area (Å²) in [5.41, 5.74) is 1.69. The van der Waals surface area contributed by atoms with Gasteiger partial charge < -0.3 is 0 Å². The number of thioether (sulfide) groups is 1. The van der Waals surface area contributed by atoms with E-state index in [0.29, 0.717) is 10.2 Å². The van der Waals surface area contributed by atoms with Crippen molar-refractivity contribution in [1.29, 1.82) is 0 Å². The molecule has 0 spiro atoms. The van der Waals surface area contributed by atoms with Gasteiger partial charge >= 0.3 is 0 Å². The summed E-state index contributed by atoms with van der Waals surface area (Å²) in [4.78, 5) is 10.5. The first-order chi connectivity index (χ1) is 11.5. The Morgan fingerprint density at radius 3 is 2.71 bits per heavy atom. The summed E-state index contributed by atoms with van der Waals surface area (Å²) in [6.07, 6.45) is 0. The van der Waals surface area contributed by atoms with Crippen molar-refractivity contribution in [1.82, 2.24) is 20.2 Å². The molecule has 0 radical (unpaired) electrons. The third-order valence-electron chi connectivity index (χ3n) is 3.34. The smallest absolute Gasteiger partial charge is 0.258 e. The molecule has 9 heteroatoms. The third-order valence-corrected chi connectivity index (χ3v) is 4.69. The standard InChI is InChI=1S/C15H12ClN5O2S/c1-10(11-3-2-4-14(9-11)21(22)23)24-15-17-18-19-20(15)13-7-5-12(16)6-8-13/h2-10H,1H3. The van der Waals surface area contributed by atoms with Crippen LogP contribution in [-0.4, -0.2) is 25.1 Å². The van der Waals surface area contributed by atoms with Gasteiger partial charge in [0.1, 0.15) is 0 Å². The number of aromatic nitrogens is 4. The van der Waals surface area contributed by atoms with Crippen molar-refractivity contribution in [2.45, 2.75) is 17.3 Å². The predicted octanol–water partition coefficient (Wildman–Crippen LogP) is 4.08. The molecule has 1 unspecified atom stereocenters. The van der Waals surface area contributed by atoms with Gasteiger partial charge in [0, 0.05) is 22.4 Å². The molecule has 7 nitrogen and oxygen atoms in total. The van der Waals surface area contributed by atoms with Crippen molar-refractivity contribution in [2.75, 3.05) is 0 Å². The van der Waals surface area contributed by atoms with Crippen LogP contribution in [0.4, 0.5) is 5.69 Å². The number of hydrogen-bond acceptors (Lipinski definition) is 6. The molecule has 3 aromatic rings. The highest BCUT2D eigenvalue weighted by Crippen LogP contribution is 2.35. The molecule has 24 heavy (non-hydrogen) atoms.